The molecule has 0 aromatic heterocycles. The smallest absolute Gasteiger partial charge is 0.213 e. The van der Waals surface area contributed by atoms with Crippen LogP contribution in [0.5, 0.6) is 0 Å². The van der Waals surface area contributed by atoms with Crippen molar-refractivity contribution >= 4 is 15.9 Å². The summed E-state index contributed by atoms with van der Waals surface area (Å²) in [7, 11) is -1.72. The SMILES string of the molecule is CC(C)CCS(=O)(=O)N(C)CCC(N)=NO. The fourth-order valence-corrected chi connectivity index (χ4v) is 2.45. The maximum absolute atomic E-state index is 11.7. The highest BCUT2D eigenvalue weighted by Crippen LogP contribution is 2.06. The summed E-state index contributed by atoms with van der Waals surface area (Å²) in [5.74, 6) is 0.523. The van der Waals surface area contributed by atoms with Crippen LogP contribution in [0.3, 0.4) is 0 Å². The molecule has 16 heavy (non-hydrogen) atoms. The van der Waals surface area contributed by atoms with Crippen molar-refractivity contribution in [2.75, 3.05) is 19.3 Å². The van der Waals surface area contributed by atoms with Crippen LogP contribution < -0.4 is 5.73 Å². The molecule has 0 saturated heterocycles. The molecule has 0 aliphatic carbocycles. The van der Waals surface area contributed by atoms with E-state index in [-0.39, 0.29) is 24.6 Å². The molecule has 0 aromatic rings. The van der Waals surface area contributed by atoms with Crippen LogP contribution in [0.25, 0.3) is 0 Å². The van der Waals surface area contributed by atoms with Crippen LogP contribution in [0.4, 0.5) is 0 Å². The molecule has 0 amide bonds. The maximum Gasteiger partial charge on any atom is 0.213 e. The monoisotopic (exact) mass is 251 g/mol. The standard InChI is InChI=1S/C9H21N3O3S/c1-8(2)5-7-16(14,15)12(3)6-4-9(10)11-13/h8,13H,4-7H2,1-3H3,(H2,10,11). The fourth-order valence-electron chi connectivity index (χ4n) is 1.00. The summed E-state index contributed by atoms with van der Waals surface area (Å²) in [6.45, 7) is 4.19. The molecule has 3 N–H and O–H groups in total. The number of nitrogens with zero attached hydrogens (tertiary/aromatic N) is 2. The Morgan fingerprint density at radius 1 is 1.50 bits per heavy atom. The number of rotatable bonds is 7. The molecule has 0 bridgehead atoms. The molecule has 0 saturated carbocycles. The molecule has 0 aromatic carbocycles. The molecule has 7 heteroatoms. The van der Waals surface area contributed by atoms with E-state index in [4.69, 9.17) is 10.9 Å². The van der Waals surface area contributed by atoms with Gasteiger partial charge in [-0.2, -0.15) is 0 Å². The van der Waals surface area contributed by atoms with E-state index in [1.807, 2.05) is 13.8 Å². The lowest BCUT2D eigenvalue weighted by Crippen LogP contribution is -2.32. The van der Waals surface area contributed by atoms with Gasteiger partial charge in [-0.05, 0) is 12.3 Å². The Kier molecular flexibility index (Phi) is 6.35. The molecule has 0 rings (SSSR count). The van der Waals surface area contributed by atoms with Gasteiger partial charge in [-0.25, -0.2) is 12.7 Å². The lowest BCUT2D eigenvalue weighted by atomic mass is 10.2. The molecular weight excluding hydrogens is 230 g/mol. The van der Waals surface area contributed by atoms with E-state index in [1.54, 1.807) is 0 Å². The molecule has 6 nitrogen and oxygen atoms in total. The number of hydrogen-bond donors (Lipinski definition) is 2. The van der Waals surface area contributed by atoms with Gasteiger partial charge in [0.25, 0.3) is 0 Å². The van der Waals surface area contributed by atoms with Crippen LogP contribution in [-0.4, -0.2) is 43.1 Å². The van der Waals surface area contributed by atoms with Crippen LogP contribution >= 0.6 is 0 Å². The molecule has 0 spiro atoms. The summed E-state index contributed by atoms with van der Waals surface area (Å²) in [6.07, 6.45) is 0.865. The summed E-state index contributed by atoms with van der Waals surface area (Å²) in [5, 5.41) is 11.1. The average Bonchev–Trinajstić information content (AvgIpc) is 2.22. The van der Waals surface area contributed by atoms with Gasteiger partial charge in [-0.1, -0.05) is 19.0 Å². The van der Waals surface area contributed by atoms with Crippen molar-refractivity contribution < 1.29 is 13.6 Å². The molecule has 0 unspecified atom stereocenters. The van der Waals surface area contributed by atoms with Crippen LogP contribution in [0.15, 0.2) is 5.16 Å². The van der Waals surface area contributed by atoms with E-state index in [9.17, 15) is 8.42 Å². The van der Waals surface area contributed by atoms with Gasteiger partial charge in [0.2, 0.25) is 10.0 Å². The van der Waals surface area contributed by atoms with Crippen molar-refractivity contribution in [2.24, 2.45) is 16.8 Å². The van der Waals surface area contributed by atoms with Crippen LogP contribution in [0.1, 0.15) is 26.7 Å². The Hall–Kier alpha value is -0.820. The van der Waals surface area contributed by atoms with E-state index < -0.39 is 10.0 Å². The second-order valence-corrected chi connectivity index (χ2v) is 6.36. The Morgan fingerprint density at radius 2 is 2.06 bits per heavy atom. The lowest BCUT2D eigenvalue weighted by Gasteiger charge is -2.17. The quantitative estimate of drug-likeness (QED) is 0.297. The zero-order chi connectivity index (χ0) is 12.8. The van der Waals surface area contributed by atoms with Crippen molar-refractivity contribution in [1.82, 2.24) is 4.31 Å². The summed E-state index contributed by atoms with van der Waals surface area (Å²) in [6, 6.07) is 0. The van der Waals surface area contributed by atoms with Crippen molar-refractivity contribution in [2.45, 2.75) is 26.7 Å². The first kappa shape index (κ1) is 15.2. The van der Waals surface area contributed by atoms with Crippen molar-refractivity contribution in [3.63, 3.8) is 0 Å². The summed E-state index contributed by atoms with van der Waals surface area (Å²) in [5.41, 5.74) is 5.27. The van der Waals surface area contributed by atoms with Gasteiger partial charge in [-0.15, -0.1) is 0 Å². The number of oxime groups is 1. The summed E-state index contributed by atoms with van der Waals surface area (Å²) < 4.78 is 24.7. The van der Waals surface area contributed by atoms with Crippen molar-refractivity contribution in [3.8, 4) is 0 Å². The van der Waals surface area contributed by atoms with Crippen LogP contribution in [-0.2, 0) is 10.0 Å². The van der Waals surface area contributed by atoms with E-state index in [2.05, 4.69) is 5.16 Å². The second-order valence-electron chi connectivity index (χ2n) is 4.16. The number of hydrogen-bond acceptors (Lipinski definition) is 4. The minimum Gasteiger partial charge on any atom is -0.409 e. The topological polar surface area (TPSA) is 96.0 Å². The van der Waals surface area contributed by atoms with Gasteiger partial charge >= 0.3 is 0 Å². The highest BCUT2D eigenvalue weighted by atomic mass is 32.2. The van der Waals surface area contributed by atoms with Gasteiger partial charge in [0.1, 0.15) is 5.84 Å². The minimum absolute atomic E-state index is 0.0332. The first-order valence-corrected chi connectivity index (χ1v) is 6.81. The predicted molar refractivity (Wildman–Crippen MR) is 63.9 cm³/mol. The Labute approximate surface area is 97.2 Å². The van der Waals surface area contributed by atoms with Gasteiger partial charge in [0.15, 0.2) is 0 Å². The molecule has 0 radical (unpaired) electrons. The molecule has 0 aliphatic rings. The third kappa shape index (κ3) is 5.92. The second kappa shape index (κ2) is 6.70. The first-order chi connectivity index (χ1) is 7.29. The van der Waals surface area contributed by atoms with Gasteiger partial charge in [0.05, 0.1) is 5.75 Å². The van der Waals surface area contributed by atoms with E-state index >= 15 is 0 Å². The molecule has 96 valence electrons. The normalized spacial score (nSPS) is 13.7. The summed E-state index contributed by atoms with van der Waals surface area (Å²) >= 11 is 0. The predicted octanol–water partition coefficient (Wildman–Crippen LogP) is 0.431. The molecular formula is C9H21N3O3S. The third-order valence-corrected chi connectivity index (χ3v) is 4.12. The fraction of sp³-hybridized carbons (Fsp3) is 0.889. The number of nitrogens with two attached hydrogens (primary N) is 1. The summed E-state index contributed by atoms with van der Waals surface area (Å²) in [4.78, 5) is 0. The first-order valence-electron chi connectivity index (χ1n) is 5.20. The van der Waals surface area contributed by atoms with Gasteiger partial charge in [0, 0.05) is 20.0 Å². The molecule has 0 aliphatic heterocycles. The number of amidine groups is 1. The van der Waals surface area contributed by atoms with E-state index in [1.165, 1.54) is 11.4 Å². The molecule has 0 heterocycles. The third-order valence-electron chi connectivity index (χ3n) is 2.24. The van der Waals surface area contributed by atoms with Crippen LogP contribution in [0.2, 0.25) is 0 Å². The van der Waals surface area contributed by atoms with E-state index in [0.29, 0.717) is 12.3 Å². The minimum atomic E-state index is -3.22. The maximum atomic E-state index is 11.7. The van der Waals surface area contributed by atoms with Crippen LogP contribution in [0, 0.1) is 5.92 Å². The number of sulfonamides is 1. The highest BCUT2D eigenvalue weighted by Gasteiger charge is 2.17. The largest absolute Gasteiger partial charge is 0.409 e. The average molecular weight is 251 g/mol. The van der Waals surface area contributed by atoms with Crippen molar-refractivity contribution in [1.29, 1.82) is 0 Å². The Balaban J connectivity index is 4.20. The van der Waals surface area contributed by atoms with Gasteiger partial charge < -0.3 is 10.9 Å². The Bertz CT molecular complexity index is 325. The van der Waals surface area contributed by atoms with Gasteiger partial charge in [-0.3, -0.25) is 0 Å². The zero-order valence-corrected chi connectivity index (χ0v) is 10.9. The zero-order valence-electron chi connectivity index (χ0n) is 10.0. The van der Waals surface area contributed by atoms with E-state index in [0.717, 1.165) is 0 Å². The lowest BCUT2D eigenvalue weighted by molar-refractivity contribution is 0.316. The van der Waals surface area contributed by atoms with Crippen molar-refractivity contribution in [3.05, 3.63) is 0 Å². The Morgan fingerprint density at radius 3 is 2.50 bits per heavy atom. The highest BCUT2D eigenvalue weighted by molar-refractivity contribution is 7.89. The molecule has 0 fully saturated rings. The molecule has 0 atom stereocenters.